The molecule has 2 saturated heterocycles. The molecule has 0 aliphatic carbocycles. The Hall–Kier alpha value is -2.90. The number of aryl methyl sites for hydroxylation is 2. The second kappa shape index (κ2) is 9.99. The summed E-state index contributed by atoms with van der Waals surface area (Å²) in [5.74, 6) is 1.08. The van der Waals surface area contributed by atoms with Crippen molar-refractivity contribution in [3.05, 3.63) is 59.7 Å². The van der Waals surface area contributed by atoms with E-state index in [-0.39, 0.29) is 0 Å². The molecule has 184 valence electrons. The van der Waals surface area contributed by atoms with Crippen LogP contribution >= 0.6 is 12.2 Å². The van der Waals surface area contributed by atoms with Gasteiger partial charge in [0.2, 0.25) is 0 Å². The predicted molar refractivity (Wildman–Crippen MR) is 152 cm³/mol. The summed E-state index contributed by atoms with van der Waals surface area (Å²) in [5, 5.41) is 5.46. The SMILES string of the molecule is Cc1cccc(N2CCN(C(=S)Nc3ccc4nc(N5CCN(C)CC5)cc(C)c4c3)C[C@H]2C)c1. The number of fused-ring (bicyclic) bond motifs is 1. The van der Waals surface area contributed by atoms with Gasteiger partial charge in [0, 0.05) is 68.6 Å². The Bertz CT molecular complexity index is 1220. The highest BCUT2D eigenvalue weighted by molar-refractivity contribution is 7.80. The zero-order valence-corrected chi connectivity index (χ0v) is 22.1. The molecule has 0 radical (unpaired) electrons. The van der Waals surface area contributed by atoms with Crippen LogP contribution in [0, 0.1) is 13.8 Å². The zero-order valence-electron chi connectivity index (χ0n) is 21.3. The fourth-order valence-corrected chi connectivity index (χ4v) is 5.47. The number of rotatable bonds is 3. The molecule has 2 fully saturated rings. The maximum absolute atomic E-state index is 5.83. The van der Waals surface area contributed by atoms with Gasteiger partial charge >= 0.3 is 0 Å². The third-order valence-corrected chi connectivity index (χ3v) is 7.69. The van der Waals surface area contributed by atoms with Crippen molar-refractivity contribution in [3.8, 4) is 0 Å². The van der Waals surface area contributed by atoms with E-state index in [0.29, 0.717) is 6.04 Å². The topological polar surface area (TPSA) is 37.9 Å². The Morgan fingerprint density at radius 1 is 0.971 bits per heavy atom. The molecule has 5 rings (SSSR count). The van der Waals surface area contributed by atoms with Crippen LogP contribution in [0.2, 0.25) is 0 Å². The standard InChI is InChI=1S/C28H36N6S/c1-20-6-5-7-24(16-20)34-15-14-33(19-22(34)3)28(35)29-23-8-9-26-25(18-23)21(2)17-27(30-26)32-12-10-31(4)11-13-32/h5-9,16-18,22H,10-15,19H2,1-4H3,(H,29,35)/t22-/m1/s1. The number of nitrogens with one attached hydrogen (secondary N) is 1. The molecule has 6 nitrogen and oxygen atoms in total. The van der Waals surface area contributed by atoms with E-state index in [1.165, 1.54) is 22.2 Å². The Morgan fingerprint density at radius 2 is 1.77 bits per heavy atom. The van der Waals surface area contributed by atoms with Crippen molar-refractivity contribution in [3.63, 3.8) is 0 Å². The van der Waals surface area contributed by atoms with E-state index in [1.54, 1.807) is 0 Å². The van der Waals surface area contributed by atoms with Crippen LogP contribution in [0.5, 0.6) is 0 Å². The number of benzene rings is 2. The number of hydrogen-bond acceptors (Lipinski definition) is 5. The van der Waals surface area contributed by atoms with Gasteiger partial charge in [-0.15, -0.1) is 0 Å². The second-order valence-corrected chi connectivity index (χ2v) is 10.5. The average Bonchev–Trinajstić information content (AvgIpc) is 2.84. The third-order valence-electron chi connectivity index (χ3n) is 7.33. The average molecular weight is 489 g/mol. The zero-order chi connectivity index (χ0) is 24.5. The maximum Gasteiger partial charge on any atom is 0.173 e. The molecule has 2 aromatic carbocycles. The molecule has 2 aliphatic heterocycles. The quantitative estimate of drug-likeness (QED) is 0.544. The van der Waals surface area contributed by atoms with E-state index in [9.17, 15) is 0 Å². The van der Waals surface area contributed by atoms with E-state index in [4.69, 9.17) is 17.2 Å². The minimum atomic E-state index is 0.390. The van der Waals surface area contributed by atoms with Crippen LogP contribution < -0.4 is 15.1 Å². The molecule has 3 heterocycles. The summed E-state index contributed by atoms with van der Waals surface area (Å²) in [6.07, 6.45) is 0. The van der Waals surface area contributed by atoms with Crippen LogP contribution in [0.3, 0.4) is 0 Å². The van der Waals surface area contributed by atoms with Gasteiger partial charge in [-0.1, -0.05) is 12.1 Å². The molecule has 0 unspecified atom stereocenters. The molecular weight excluding hydrogens is 452 g/mol. The van der Waals surface area contributed by atoms with Crippen molar-refractivity contribution in [1.29, 1.82) is 0 Å². The fourth-order valence-electron chi connectivity index (χ4n) is 5.19. The number of piperazine rings is 2. The van der Waals surface area contributed by atoms with Gasteiger partial charge in [-0.25, -0.2) is 4.98 Å². The Labute approximate surface area is 214 Å². The van der Waals surface area contributed by atoms with E-state index in [0.717, 1.165) is 67.9 Å². The van der Waals surface area contributed by atoms with Gasteiger partial charge in [-0.2, -0.15) is 0 Å². The van der Waals surface area contributed by atoms with E-state index in [2.05, 4.69) is 101 Å². The smallest absolute Gasteiger partial charge is 0.173 e. The first-order chi connectivity index (χ1) is 16.9. The van der Waals surface area contributed by atoms with Crippen LogP contribution in [0.4, 0.5) is 17.2 Å². The van der Waals surface area contributed by atoms with Gasteiger partial charge in [0.1, 0.15) is 5.82 Å². The number of aromatic nitrogens is 1. The first kappa shape index (κ1) is 23.8. The highest BCUT2D eigenvalue weighted by Gasteiger charge is 2.25. The summed E-state index contributed by atoms with van der Waals surface area (Å²) in [4.78, 5) is 14.5. The highest BCUT2D eigenvalue weighted by atomic mass is 32.1. The molecule has 0 saturated carbocycles. The molecule has 0 bridgehead atoms. The molecule has 0 amide bonds. The van der Waals surface area contributed by atoms with Crippen LogP contribution in [0.1, 0.15) is 18.1 Å². The molecular formula is C28H36N6S. The summed E-state index contributed by atoms with van der Waals surface area (Å²) in [7, 11) is 2.18. The molecule has 3 aromatic rings. The second-order valence-electron chi connectivity index (χ2n) is 10.1. The minimum absolute atomic E-state index is 0.390. The number of likely N-dealkylation sites (N-methyl/N-ethyl adjacent to an activating group) is 1. The largest absolute Gasteiger partial charge is 0.365 e. The molecule has 1 N–H and O–H groups in total. The van der Waals surface area contributed by atoms with Crippen LogP contribution in [-0.4, -0.2) is 78.8 Å². The molecule has 0 spiro atoms. The van der Waals surface area contributed by atoms with Crippen LogP contribution in [-0.2, 0) is 0 Å². The Kier molecular flexibility index (Phi) is 6.80. The fraction of sp³-hybridized carbons (Fsp3) is 0.429. The van der Waals surface area contributed by atoms with Crippen molar-refractivity contribution in [1.82, 2.24) is 14.8 Å². The first-order valence-electron chi connectivity index (χ1n) is 12.6. The maximum atomic E-state index is 5.83. The number of hydrogen-bond donors (Lipinski definition) is 1. The first-order valence-corrected chi connectivity index (χ1v) is 13.0. The predicted octanol–water partition coefficient (Wildman–Crippen LogP) is 4.51. The van der Waals surface area contributed by atoms with Gasteiger partial charge in [-0.3, -0.25) is 0 Å². The molecule has 7 heteroatoms. The summed E-state index contributed by atoms with van der Waals surface area (Å²) in [6.45, 7) is 13.6. The van der Waals surface area contributed by atoms with E-state index >= 15 is 0 Å². The van der Waals surface area contributed by atoms with Crippen molar-refractivity contribution >= 4 is 45.4 Å². The summed E-state index contributed by atoms with van der Waals surface area (Å²) < 4.78 is 0. The lowest BCUT2D eigenvalue weighted by Crippen LogP contribution is -2.54. The van der Waals surface area contributed by atoms with Crippen molar-refractivity contribution in [2.75, 3.05) is 68.0 Å². The number of anilines is 3. The van der Waals surface area contributed by atoms with Gasteiger partial charge in [0.05, 0.1) is 5.52 Å². The van der Waals surface area contributed by atoms with Crippen molar-refractivity contribution in [2.24, 2.45) is 0 Å². The summed E-state index contributed by atoms with van der Waals surface area (Å²) >= 11 is 5.83. The monoisotopic (exact) mass is 488 g/mol. The molecule has 35 heavy (non-hydrogen) atoms. The highest BCUT2D eigenvalue weighted by Crippen LogP contribution is 2.27. The van der Waals surface area contributed by atoms with Gasteiger partial charge in [0.15, 0.2) is 5.11 Å². The third kappa shape index (κ3) is 5.21. The lowest BCUT2D eigenvalue weighted by atomic mass is 10.1. The van der Waals surface area contributed by atoms with Gasteiger partial charge in [0.25, 0.3) is 0 Å². The van der Waals surface area contributed by atoms with Crippen molar-refractivity contribution in [2.45, 2.75) is 26.8 Å². The Morgan fingerprint density at radius 3 is 2.51 bits per heavy atom. The van der Waals surface area contributed by atoms with Gasteiger partial charge < -0.3 is 24.9 Å². The molecule has 1 atom stereocenters. The van der Waals surface area contributed by atoms with Crippen LogP contribution in [0.25, 0.3) is 10.9 Å². The van der Waals surface area contributed by atoms with Gasteiger partial charge in [-0.05, 0) is 87.6 Å². The normalized spacial score (nSPS) is 19.3. The van der Waals surface area contributed by atoms with Crippen LogP contribution in [0.15, 0.2) is 48.5 Å². The molecule has 2 aliphatic rings. The number of nitrogens with zero attached hydrogens (tertiary/aromatic N) is 5. The number of thiocarbonyl (C=S) groups is 1. The Balaban J connectivity index is 1.26. The van der Waals surface area contributed by atoms with E-state index in [1.807, 2.05) is 0 Å². The summed E-state index contributed by atoms with van der Waals surface area (Å²) in [5.41, 5.74) is 5.90. The summed E-state index contributed by atoms with van der Waals surface area (Å²) in [6, 6.07) is 17.8. The molecule has 1 aromatic heterocycles. The van der Waals surface area contributed by atoms with E-state index < -0.39 is 0 Å². The lowest BCUT2D eigenvalue weighted by Gasteiger charge is -2.42. The van der Waals surface area contributed by atoms with Crippen molar-refractivity contribution < 1.29 is 0 Å². The lowest BCUT2D eigenvalue weighted by molar-refractivity contribution is 0.312. The number of pyridine rings is 1. The minimum Gasteiger partial charge on any atom is -0.365 e.